The average molecular weight is 242 g/mol. The van der Waals surface area contributed by atoms with Crippen molar-refractivity contribution in [2.45, 2.75) is 18.9 Å². The Morgan fingerprint density at radius 3 is 2.62 bits per heavy atom. The maximum atomic E-state index is 10.7. The predicted molar refractivity (Wildman–Crippen MR) is 64.9 cm³/mol. The first-order valence-electron chi connectivity index (χ1n) is 5.26. The largest absolute Gasteiger partial charge is 0.480 e. The summed E-state index contributed by atoms with van der Waals surface area (Å²) >= 11 is 0. The zero-order chi connectivity index (χ0) is 10.7. The van der Waals surface area contributed by atoms with Gasteiger partial charge in [-0.15, -0.1) is 12.4 Å². The van der Waals surface area contributed by atoms with E-state index in [4.69, 9.17) is 5.11 Å². The lowest BCUT2D eigenvalue weighted by atomic mass is 9.97. The van der Waals surface area contributed by atoms with Gasteiger partial charge in [-0.3, -0.25) is 4.79 Å². The summed E-state index contributed by atoms with van der Waals surface area (Å²) in [5.41, 5.74) is 1.29. The van der Waals surface area contributed by atoms with E-state index >= 15 is 0 Å². The van der Waals surface area contributed by atoms with E-state index in [0.29, 0.717) is 5.92 Å². The summed E-state index contributed by atoms with van der Waals surface area (Å²) in [7, 11) is 0. The highest BCUT2D eigenvalue weighted by molar-refractivity contribution is 5.85. The first kappa shape index (κ1) is 13.0. The molecule has 0 aromatic heterocycles. The van der Waals surface area contributed by atoms with Gasteiger partial charge in [0.2, 0.25) is 0 Å². The predicted octanol–water partition coefficient (Wildman–Crippen LogP) is 1.71. The Bertz CT molecular complexity index is 342. The van der Waals surface area contributed by atoms with Crippen LogP contribution >= 0.6 is 12.4 Å². The highest BCUT2D eigenvalue weighted by atomic mass is 35.5. The first-order valence-corrected chi connectivity index (χ1v) is 5.26. The van der Waals surface area contributed by atoms with E-state index in [9.17, 15) is 4.79 Å². The monoisotopic (exact) mass is 241 g/mol. The van der Waals surface area contributed by atoms with Crippen LogP contribution in [0.5, 0.6) is 0 Å². The molecule has 1 heterocycles. The molecule has 1 aliphatic heterocycles. The number of hydrogen-bond donors (Lipinski definition) is 2. The number of carboxylic acids is 1. The molecule has 0 spiro atoms. The molecule has 2 rings (SSSR count). The van der Waals surface area contributed by atoms with Crippen LogP contribution in [0.4, 0.5) is 0 Å². The Morgan fingerprint density at radius 2 is 2.06 bits per heavy atom. The van der Waals surface area contributed by atoms with Crippen LogP contribution in [-0.4, -0.2) is 23.7 Å². The molecule has 4 heteroatoms. The Morgan fingerprint density at radius 1 is 1.38 bits per heavy atom. The van der Waals surface area contributed by atoms with Crippen molar-refractivity contribution in [3.8, 4) is 0 Å². The number of carboxylic acid groups (broad SMARTS) is 1. The molecule has 88 valence electrons. The fraction of sp³-hybridized carbons (Fsp3) is 0.417. The van der Waals surface area contributed by atoms with Crippen LogP contribution in [0.3, 0.4) is 0 Å². The van der Waals surface area contributed by atoms with Gasteiger partial charge in [0.15, 0.2) is 0 Å². The van der Waals surface area contributed by atoms with Gasteiger partial charge in [-0.25, -0.2) is 0 Å². The molecule has 1 aromatic rings. The molecule has 3 nitrogen and oxygen atoms in total. The van der Waals surface area contributed by atoms with Gasteiger partial charge in [-0.05, 0) is 30.9 Å². The van der Waals surface area contributed by atoms with Gasteiger partial charge < -0.3 is 10.4 Å². The lowest BCUT2D eigenvalue weighted by Gasteiger charge is -2.07. The fourth-order valence-corrected chi connectivity index (χ4v) is 2.10. The van der Waals surface area contributed by atoms with Crippen LogP contribution in [0.15, 0.2) is 30.3 Å². The standard InChI is InChI=1S/C12H15NO2.ClH/c14-12(15)11-7-10(8-13-11)6-9-4-2-1-3-5-9;/h1-5,10-11,13H,6-8H2,(H,14,15);1H/t10-,11-;/m1./s1. The molecule has 1 aliphatic rings. The molecule has 1 fully saturated rings. The molecule has 2 atom stereocenters. The van der Waals surface area contributed by atoms with E-state index in [2.05, 4.69) is 17.4 Å². The number of aliphatic carboxylic acids is 1. The van der Waals surface area contributed by atoms with Crippen LogP contribution < -0.4 is 5.32 Å². The van der Waals surface area contributed by atoms with Gasteiger partial charge in [-0.2, -0.15) is 0 Å². The molecule has 1 aromatic carbocycles. The summed E-state index contributed by atoms with van der Waals surface area (Å²) in [5.74, 6) is -0.279. The highest BCUT2D eigenvalue weighted by Gasteiger charge is 2.28. The molecular formula is C12H16ClNO2. The number of hydrogen-bond acceptors (Lipinski definition) is 2. The third-order valence-corrected chi connectivity index (χ3v) is 2.89. The summed E-state index contributed by atoms with van der Waals surface area (Å²) in [5, 5.41) is 11.9. The lowest BCUT2D eigenvalue weighted by Crippen LogP contribution is -2.29. The number of carbonyl (C=O) groups is 1. The van der Waals surface area contributed by atoms with Crippen molar-refractivity contribution in [3.63, 3.8) is 0 Å². The van der Waals surface area contributed by atoms with Gasteiger partial charge in [0.05, 0.1) is 0 Å². The van der Waals surface area contributed by atoms with Crippen molar-refractivity contribution < 1.29 is 9.90 Å². The van der Waals surface area contributed by atoms with Crippen LogP contribution in [0.1, 0.15) is 12.0 Å². The van der Waals surface area contributed by atoms with Gasteiger partial charge in [0.25, 0.3) is 0 Å². The van der Waals surface area contributed by atoms with Gasteiger partial charge in [0.1, 0.15) is 6.04 Å². The molecule has 16 heavy (non-hydrogen) atoms. The maximum Gasteiger partial charge on any atom is 0.320 e. The van der Waals surface area contributed by atoms with Crippen LogP contribution in [0.2, 0.25) is 0 Å². The van der Waals surface area contributed by atoms with Crippen LogP contribution in [0, 0.1) is 5.92 Å². The van der Waals surface area contributed by atoms with Gasteiger partial charge >= 0.3 is 5.97 Å². The quantitative estimate of drug-likeness (QED) is 0.847. The summed E-state index contributed by atoms with van der Waals surface area (Å²) in [6.45, 7) is 0.811. The molecular weight excluding hydrogens is 226 g/mol. The smallest absolute Gasteiger partial charge is 0.320 e. The molecule has 1 saturated heterocycles. The fourth-order valence-electron chi connectivity index (χ4n) is 2.10. The average Bonchev–Trinajstić information content (AvgIpc) is 2.68. The van der Waals surface area contributed by atoms with E-state index in [1.165, 1.54) is 5.56 Å². The third-order valence-electron chi connectivity index (χ3n) is 2.89. The first-order chi connectivity index (χ1) is 7.25. The van der Waals surface area contributed by atoms with Crippen molar-refractivity contribution in [1.82, 2.24) is 5.32 Å². The summed E-state index contributed by atoms with van der Waals surface area (Å²) in [4.78, 5) is 10.7. The van der Waals surface area contributed by atoms with E-state index in [1.54, 1.807) is 0 Å². The van der Waals surface area contributed by atoms with E-state index in [1.807, 2.05) is 18.2 Å². The summed E-state index contributed by atoms with van der Waals surface area (Å²) in [6, 6.07) is 9.87. The summed E-state index contributed by atoms with van der Waals surface area (Å²) < 4.78 is 0. The molecule has 0 bridgehead atoms. The Kier molecular flexibility index (Phi) is 4.77. The molecule has 2 N–H and O–H groups in total. The van der Waals surface area contributed by atoms with E-state index < -0.39 is 5.97 Å². The zero-order valence-electron chi connectivity index (χ0n) is 8.93. The van der Waals surface area contributed by atoms with Crippen molar-refractivity contribution >= 4 is 18.4 Å². The van der Waals surface area contributed by atoms with Gasteiger partial charge in [-0.1, -0.05) is 30.3 Å². The van der Waals surface area contributed by atoms with Crippen molar-refractivity contribution in [3.05, 3.63) is 35.9 Å². The second kappa shape index (κ2) is 5.87. The number of benzene rings is 1. The minimum absolute atomic E-state index is 0. The van der Waals surface area contributed by atoms with E-state index in [-0.39, 0.29) is 18.4 Å². The van der Waals surface area contributed by atoms with Crippen molar-refractivity contribution in [2.75, 3.05) is 6.54 Å². The minimum atomic E-state index is -0.731. The minimum Gasteiger partial charge on any atom is -0.480 e. The molecule has 0 amide bonds. The molecule has 0 radical (unpaired) electrons. The second-order valence-electron chi connectivity index (χ2n) is 4.09. The van der Waals surface area contributed by atoms with Crippen LogP contribution in [-0.2, 0) is 11.2 Å². The topological polar surface area (TPSA) is 49.3 Å². The molecule has 0 unspecified atom stereocenters. The number of rotatable bonds is 3. The van der Waals surface area contributed by atoms with Crippen molar-refractivity contribution in [1.29, 1.82) is 0 Å². The van der Waals surface area contributed by atoms with Crippen LogP contribution in [0.25, 0.3) is 0 Å². The molecule has 0 aliphatic carbocycles. The normalized spacial score (nSPS) is 23.8. The maximum absolute atomic E-state index is 10.7. The zero-order valence-corrected chi connectivity index (χ0v) is 9.74. The van der Waals surface area contributed by atoms with E-state index in [0.717, 1.165) is 19.4 Å². The van der Waals surface area contributed by atoms with Crippen molar-refractivity contribution in [2.24, 2.45) is 5.92 Å². The lowest BCUT2D eigenvalue weighted by molar-refractivity contribution is -0.139. The second-order valence-corrected chi connectivity index (χ2v) is 4.09. The van der Waals surface area contributed by atoms with Gasteiger partial charge in [0, 0.05) is 0 Å². The molecule has 0 saturated carbocycles. The summed E-state index contributed by atoms with van der Waals surface area (Å²) in [6.07, 6.45) is 1.71. The highest BCUT2D eigenvalue weighted by Crippen LogP contribution is 2.19. The Hall–Kier alpha value is -1.06. The number of halogens is 1. The Labute approximate surface area is 101 Å². The Balaban J connectivity index is 0.00000128. The number of nitrogens with one attached hydrogen (secondary N) is 1. The third kappa shape index (κ3) is 3.22. The SMILES string of the molecule is Cl.O=C(O)[C@H]1C[C@@H](Cc2ccccc2)CN1.